The Bertz CT molecular complexity index is 497. The van der Waals surface area contributed by atoms with E-state index in [0.717, 1.165) is 16.3 Å². The maximum Gasteiger partial charge on any atom is 0.263 e. The van der Waals surface area contributed by atoms with Crippen molar-refractivity contribution >= 4 is 39.7 Å². The Labute approximate surface area is 135 Å². The van der Waals surface area contributed by atoms with Crippen molar-refractivity contribution in [3.8, 4) is 0 Å². The Balaban J connectivity index is 3.05. The van der Waals surface area contributed by atoms with Crippen molar-refractivity contribution in [2.45, 2.75) is 38.1 Å². The molecule has 6 heteroatoms. The van der Waals surface area contributed by atoms with E-state index in [-0.39, 0.29) is 5.91 Å². The Morgan fingerprint density at radius 1 is 1.52 bits per heavy atom. The SMILES string of the molecule is C=CCNC(=O)c1sc(NC(CC)C(C)C)c(SC)c1N. The number of rotatable bonds is 8. The molecule has 0 aromatic carbocycles. The number of amides is 1. The van der Waals surface area contributed by atoms with Gasteiger partial charge in [0.05, 0.1) is 10.6 Å². The van der Waals surface area contributed by atoms with Crippen LogP contribution in [-0.4, -0.2) is 24.7 Å². The highest BCUT2D eigenvalue weighted by Crippen LogP contribution is 2.42. The lowest BCUT2D eigenvalue weighted by Gasteiger charge is -2.21. The molecule has 0 saturated carbocycles. The number of carbonyl (C=O) groups excluding carboxylic acids is 1. The Morgan fingerprint density at radius 2 is 2.19 bits per heavy atom. The summed E-state index contributed by atoms with van der Waals surface area (Å²) in [6, 6.07) is 0.373. The van der Waals surface area contributed by atoms with Crippen LogP contribution in [0.2, 0.25) is 0 Å². The molecule has 1 aromatic heterocycles. The summed E-state index contributed by atoms with van der Waals surface area (Å²) < 4.78 is 0. The summed E-state index contributed by atoms with van der Waals surface area (Å²) in [7, 11) is 0. The minimum absolute atomic E-state index is 0.140. The van der Waals surface area contributed by atoms with Gasteiger partial charge in [0.15, 0.2) is 0 Å². The number of carbonyl (C=O) groups is 1. The zero-order chi connectivity index (χ0) is 16.0. The first kappa shape index (κ1) is 17.9. The standard InChI is InChI=1S/C15H25N3OS2/c1-6-8-17-14(19)12-11(16)13(20-5)15(21-12)18-10(7-2)9(3)4/h6,9-10,18H,1,7-8,16H2,2-5H3,(H,17,19). The van der Waals surface area contributed by atoms with Crippen LogP contribution >= 0.6 is 23.1 Å². The van der Waals surface area contributed by atoms with Crippen LogP contribution in [0, 0.1) is 5.92 Å². The number of nitrogen functional groups attached to an aromatic ring is 1. The van der Waals surface area contributed by atoms with E-state index >= 15 is 0 Å². The van der Waals surface area contributed by atoms with Gasteiger partial charge < -0.3 is 16.4 Å². The molecule has 1 heterocycles. The highest BCUT2D eigenvalue weighted by Gasteiger charge is 2.22. The molecule has 0 bridgehead atoms. The maximum atomic E-state index is 12.1. The highest BCUT2D eigenvalue weighted by molar-refractivity contribution is 7.99. The molecule has 0 fully saturated rings. The number of nitrogens with two attached hydrogens (primary N) is 1. The van der Waals surface area contributed by atoms with Gasteiger partial charge in [-0.3, -0.25) is 4.79 Å². The van der Waals surface area contributed by atoms with Gasteiger partial charge in [-0.25, -0.2) is 0 Å². The first-order chi connectivity index (χ1) is 9.96. The lowest BCUT2D eigenvalue weighted by molar-refractivity contribution is 0.0963. The monoisotopic (exact) mass is 327 g/mol. The molecule has 1 unspecified atom stereocenters. The Kier molecular flexibility index (Phi) is 7.11. The molecule has 21 heavy (non-hydrogen) atoms. The summed E-state index contributed by atoms with van der Waals surface area (Å²) in [6.45, 7) is 10.6. The predicted octanol–water partition coefficient (Wildman–Crippen LogP) is 3.81. The molecule has 0 saturated heterocycles. The number of thioether (sulfide) groups is 1. The van der Waals surface area contributed by atoms with Crippen molar-refractivity contribution in [1.82, 2.24) is 5.32 Å². The van der Waals surface area contributed by atoms with Gasteiger partial charge >= 0.3 is 0 Å². The third-order valence-corrected chi connectivity index (χ3v) is 5.37. The van der Waals surface area contributed by atoms with E-state index in [4.69, 9.17) is 5.73 Å². The fourth-order valence-corrected chi connectivity index (χ4v) is 4.05. The molecule has 118 valence electrons. The second-order valence-corrected chi connectivity index (χ2v) is 6.95. The van der Waals surface area contributed by atoms with Gasteiger partial charge in [-0.2, -0.15) is 0 Å². The van der Waals surface area contributed by atoms with E-state index in [2.05, 4.69) is 38.0 Å². The molecule has 4 N–H and O–H groups in total. The molecule has 1 aromatic rings. The van der Waals surface area contributed by atoms with E-state index in [0.29, 0.717) is 29.1 Å². The van der Waals surface area contributed by atoms with Crippen LogP contribution in [0.4, 0.5) is 10.7 Å². The van der Waals surface area contributed by atoms with Gasteiger partial charge in [0.1, 0.15) is 9.88 Å². The molecule has 0 aliphatic carbocycles. The molecule has 0 radical (unpaired) electrons. The van der Waals surface area contributed by atoms with Crippen molar-refractivity contribution in [3.05, 3.63) is 17.5 Å². The van der Waals surface area contributed by atoms with Crippen molar-refractivity contribution in [1.29, 1.82) is 0 Å². The molecule has 1 amide bonds. The summed E-state index contributed by atoms with van der Waals surface area (Å²) in [5.74, 6) is 0.379. The van der Waals surface area contributed by atoms with E-state index in [1.165, 1.54) is 11.3 Å². The van der Waals surface area contributed by atoms with Crippen LogP contribution in [0.5, 0.6) is 0 Å². The van der Waals surface area contributed by atoms with Crippen LogP contribution < -0.4 is 16.4 Å². The molecule has 4 nitrogen and oxygen atoms in total. The van der Waals surface area contributed by atoms with E-state index < -0.39 is 0 Å². The van der Waals surface area contributed by atoms with Gasteiger partial charge in [0.25, 0.3) is 5.91 Å². The van der Waals surface area contributed by atoms with Crippen molar-refractivity contribution < 1.29 is 4.79 Å². The fraction of sp³-hybridized carbons (Fsp3) is 0.533. The highest BCUT2D eigenvalue weighted by atomic mass is 32.2. The summed E-state index contributed by atoms with van der Waals surface area (Å²) in [6.07, 6.45) is 4.66. The van der Waals surface area contributed by atoms with Crippen LogP contribution in [0.1, 0.15) is 36.9 Å². The average molecular weight is 328 g/mol. The van der Waals surface area contributed by atoms with Crippen LogP contribution in [0.25, 0.3) is 0 Å². The summed E-state index contributed by atoms with van der Waals surface area (Å²) >= 11 is 3.00. The normalized spacial score (nSPS) is 12.2. The van der Waals surface area contributed by atoms with Crippen molar-refractivity contribution in [2.75, 3.05) is 23.9 Å². The molecular formula is C15H25N3OS2. The van der Waals surface area contributed by atoms with E-state index in [1.54, 1.807) is 17.8 Å². The topological polar surface area (TPSA) is 67.2 Å². The van der Waals surface area contributed by atoms with Crippen molar-refractivity contribution in [2.24, 2.45) is 5.92 Å². The average Bonchev–Trinajstić information content (AvgIpc) is 2.77. The first-order valence-electron chi connectivity index (χ1n) is 7.08. The third kappa shape index (κ3) is 4.41. The first-order valence-corrected chi connectivity index (χ1v) is 9.12. The number of hydrogen-bond acceptors (Lipinski definition) is 5. The number of thiophene rings is 1. The van der Waals surface area contributed by atoms with Crippen LogP contribution in [-0.2, 0) is 0 Å². The Hall–Kier alpha value is -1.14. The lowest BCUT2D eigenvalue weighted by Crippen LogP contribution is -2.24. The van der Waals surface area contributed by atoms with Gasteiger partial charge in [-0.15, -0.1) is 29.7 Å². The quantitative estimate of drug-likeness (QED) is 0.502. The number of nitrogens with one attached hydrogen (secondary N) is 2. The minimum Gasteiger partial charge on any atom is -0.396 e. The van der Waals surface area contributed by atoms with Crippen LogP contribution in [0.15, 0.2) is 17.6 Å². The molecule has 1 atom stereocenters. The zero-order valence-electron chi connectivity index (χ0n) is 13.2. The van der Waals surface area contributed by atoms with Crippen LogP contribution in [0.3, 0.4) is 0 Å². The fourth-order valence-electron chi connectivity index (χ4n) is 2.05. The molecule has 0 aliphatic rings. The van der Waals surface area contributed by atoms with Gasteiger partial charge in [0, 0.05) is 12.6 Å². The predicted molar refractivity (Wildman–Crippen MR) is 95.6 cm³/mol. The van der Waals surface area contributed by atoms with Gasteiger partial charge in [0.2, 0.25) is 0 Å². The maximum absolute atomic E-state index is 12.1. The largest absolute Gasteiger partial charge is 0.396 e. The zero-order valence-corrected chi connectivity index (χ0v) is 14.8. The molecular weight excluding hydrogens is 302 g/mol. The number of hydrogen-bond donors (Lipinski definition) is 3. The third-order valence-electron chi connectivity index (χ3n) is 3.28. The van der Waals surface area contributed by atoms with Gasteiger partial charge in [-0.1, -0.05) is 26.8 Å². The smallest absolute Gasteiger partial charge is 0.263 e. The van der Waals surface area contributed by atoms with E-state index in [1.807, 2.05) is 6.26 Å². The second kappa shape index (κ2) is 8.34. The number of anilines is 2. The Morgan fingerprint density at radius 3 is 2.67 bits per heavy atom. The van der Waals surface area contributed by atoms with E-state index in [9.17, 15) is 4.79 Å². The lowest BCUT2D eigenvalue weighted by atomic mass is 10.0. The molecule has 0 spiro atoms. The summed E-state index contributed by atoms with van der Waals surface area (Å²) in [5.41, 5.74) is 6.71. The van der Waals surface area contributed by atoms with Gasteiger partial charge in [-0.05, 0) is 18.6 Å². The second-order valence-electron chi connectivity index (χ2n) is 5.11. The summed E-state index contributed by atoms with van der Waals surface area (Å²) in [4.78, 5) is 13.7. The van der Waals surface area contributed by atoms with Crippen molar-refractivity contribution in [3.63, 3.8) is 0 Å². The summed E-state index contributed by atoms with van der Waals surface area (Å²) in [5, 5.41) is 7.31. The molecule has 1 rings (SSSR count). The molecule has 0 aliphatic heterocycles. The minimum atomic E-state index is -0.140.